The van der Waals surface area contributed by atoms with Crippen molar-refractivity contribution in [2.75, 3.05) is 52.6 Å². The van der Waals surface area contributed by atoms with Gasteiger partial charge < -0.3 is 9.80 Å². The number of urea groups is 1. The van der Waals surface area contributed by atoms with Gasteiger partial charge in [-0.1, -0.05) is 60.5 Å². The predicted molar refractivity (Wildman–Crippen MR) is 145 cm³/mol. The summed E-state index contributed by atoms with van der Waals surface area (Å²) in [6.07, 6.45) is 2.22. The number of carbonyl (C=O) groups excluding carboxylic acids is 1. The molecule has 2 fully saturated rings. The zero-order valence-corrected chi connectivity index (χ0v) is 23.4. The first kappa shape index (κ1) is 27.2. The minimum absolute atomic E-state index is 0.0450. The van der Waals surface area contributed by atoms with Crippen molar-refractivity contribution in [1.29, 1.82) is 0 Å². The van der Waals surface area contributed by atoms with E-state index in [0.29, 0.717) is 49.3 Å². The van der Waals surface area contributed by atoms with Gasteiger partial charge in [-0.3, -0.25) is 4.90 Å². The van der Waals surface area contributed by atoms with Crippen LogP contribution in [0.1, 0.15) is 29.5 Å². The molecule has 0 spiro atoms. The van der Waals surface area contributed by atoms with Crippen molar-refractivity contribution in [2.24, 2.45) is 0 Å². The minimum Gasteiger partial charge on any atom is -0.322 e. The maximum Gasteiger partial charge on any atom is 0.320 e. The number of carbonyl (C=O) groups is 1. The van der Waals surface area contributed by atoms with Gasteiger partial charge in [-0.15, -0.1) is 0 Å². The molecule has 0 bridgehead atoms. The Kier molecular flexibility index (Phi) is 8.52. The van der Waals surface area contributed by atoms with Crippen LogP contribution in [0.4, 0.5) is 4.79 Å². The Bertz CT molecular complexity index is 1180. The molecule has 2 saturated heterocycles. The predicted octanol–water partition coefficient (Wildman–Crippen LogP) is 4.15. The van der Waals surface area contributed by atoms with Gasteiger partial charge in [-0.05, 0) is 42.3 Å². The van der Waals surface area contributed by atoms with Crippen LogP contribution in [0, 0.1) is 0 Å². The third kappa shape index (κ3) is 6.17. The minimum atomic E-state index is -3.25. The maximum atomic E-state index is 13.5. The quantitative estimate of drug-likeness (QED) is 0.539. The van der Waals surface area contributed by atoms with Gasteiger partial charge in [-0.25, -0.2) is 13.2 Å². The molecule has 0 radical (unpaired) electrons. The van der Waals surface area contributed by atoms with E-state index in [1.165, 1.54) is 21.7 Å². The lowest BCUT2D eigenvalue weighted by Crippen LogP contribution is -2.53. The largest absolute Gasteiger partial charge is 0.322 e. The molecule has 2 atom stereocenters. The number of aryl methyl sites for hydroxylation is 1. The number of likely N-dealkylation sites (tertiary alicyclic amines) is 1. The molecular weight excluding hydrogens is 519 g/mol. The number of benzene rings is 2. The Morgan fingerprint density at radius 1 is 0.944 bits per heavy atom. The number of hydrogen-bond donors (Lipinski definition) is 0. The van der Waals surface area contributed by atoms with Crippen molar-refractivity contribution in [3.05, 3.63) is 69.2 Å². The number of halogens is 2. The normalized spacial score (nSPS) is 21.4. The zero-order chi connectivity index (χ0) is 26.0. The van der Waals surface area contributed by atoms with Crippen molar-refractivity contribution in [3.8, 4) is 0 Å². The number of hydrogen-bond acceptors (Lipinski definition) is 4. The van der Waals surface area contributed by atoms with Gasteiger partial charge in [0.2, 0.25) is 10.0 Å². The highest BCUT2D eigenvalue weighted by atomic mass is 35.5. The molecule has 2 aromatic carbocycles. The second kappa shape index (κ2) is 11.3. The molecule has 2 aliphatic rings. The number of sulfonamides is 1. The summed E-state index contributed by atoms with van der Waals surface area (Å²) in [6, 6.07) is 14.4. The first-order valence-corrected chi connectivity index (χ1v) is 14.9. The van der Waals surface area contributed by atoms with Crippen molar-refractivity contribution >= 4 is 39.3 Å². The van der Waals surface area contributed by atoms with Gasteiger partial charge in [-0.2, -0.15) is 4.31 Å². The highest BCUT2D eigenvalue weighted by Crippen LogP contribution is 2.35. The average Bonchev–Trinajstić information content (AvgIpc) is 3.31. The second-order valence-corrected chi connectivity index (χ2v) is 12.6. The fraction of sp³-hybridized carbons (Fsp3) is 0.500. The lowest BCUT2D eigenvalue weighted by atomic mass is 9.93. The molecule has 196 valence electrons. The summed E-state index contributed by atoms with van der Waals surface area (Å²) >= 11 is 12.5. The SMILES string of the molecule is CCc1ccc(CN(C)[C@@H]2CN(C(=O)N3CCN(S(C)(=O)=O)CC3)C[C@@H]2c2ccc(Cl)c(Cl)c2)cc1. The van der Waals surface area contributed by atoms with Crippen molar-refractivity contribution in [2.45, 2.75) is 31.8 Å². The van der Waals surface area contributed by atoms with Crippen molar-refractivity contribution in [1.82, 2.24) is 19.0 Å². The van der Waals surface area contributed by atoms with Crippen LogP contribution in [0.3, 0.4) is 0 Å². The van der Waals surface area contributed by atoms with Crippen LogP contribution in [0.25, 0.3) is 0 Å². The van der Waals surface area contributed by atoms with Crippen LogP contribution in [0.15, 0.2) is 42.5 Å². The van der Waals surface area contributed by atoms with Crippen LogP contribution in [0.5, 0.6) is 0 Å². The molecule has 0 aliphatic carbocycles. The third-order valence-electron chi connectivity index (χ3n) is 7.34. The first-order valence-electron chi connectivity index (χ1n) is 12.3. The highest BCUT2D eigenvalue weighted by molar-refractivity contribution is 7.88. The number of nitrogens with zero attached hydrogens (tertiary/aromatic N) is 4. The smallest absolute Gasteiger partial charge is 0.320 e. The molecule has 2 amide bonds. The molecule has 2 heterocycles. The van der Waals surface area contributed by atoms with E-state index in [2.05, 4.69) is 43.1 Å². The van der Waals surface area contributed by atoms with E-state index < -0.39 is 10.0 Å². The Labute approximate surface area is 224 Å². The molecular formula is C26H34Cl2N4O3S. The molecule has 7 nitrogen and oxygen atoms in total. The third-order valence-corrected chi connectivity index (χ3v) is 9.38. The van der Waals surface area contributed by atoms with Crippen molar-refractivity contribution < 1.29 is 13.2 Å². The molecule has 36 heavy (non-hydrogen) atoms. The molecule has 0 aromatic heterocycles. The second-order valence-electron chi connectivity index (χ2n) is 9.77. The van der Waals surface area contributed by atoms with E-state index in [4.69, 9.17) is 23.2 Å². The van der Waals surface area contributed by atoms with E-state index in [9.17, 15) is 13.2 Å². The van der Waals surface area contributed by atoms with Crippen LogP contribution in [0.2, 0.25) is 10.0 Å². The van der Waals surface area contributed by atoms with Gasteiger partial charge >= 0.3 is 6.03 Å². The Hall–Kier alpha value is -1.84. The van der Waals surface area contributed by atoms with Gasteiger partial charge in [0.05, 0.1) is 16.3 Å². The Balaban J connectivity index is 1.52. The van der Waals surface area contributed by atoms with E-state index in [-0.39, 0.29) is 18.0 Å². The van der Waals surface area contributed by atoms with E-state index in [1.54, 1.807) is 4.90 Å². The fourth-order valence-corrected chi connectivity index (χ4v) is 6.29. The van der Waals surface area contributed by atoms with Gasteiger partial charge in [0.15, 0.2) is 0 Å². The van der Waals surface area contributed by atoms with Crippen LogP contribution in [-0.2, 0) is 23.0 Å². The Morgan fingerprint density at radius 2 is 1.58 bits per heavy atom. The molecule has 0 N–H and O–H groups in total. The van der Waals surface area contributed by atoms with E-state index in [1.807, 2.05) is 23.1 Å². The summed E-state index contributed by atoms with van der Waals surface area (Å²) in [5.74, 6) is 0.0703. The monoisotopic (exact) mass is 552 g/mol. The molecule has 10 heteroatoms. The summed E-state index contributed by atoms with van der Waals surface area (Å²) in [7, 11) is -1.15. The molecule has 4 rings (SSSR count). The number of amides is 2. The van der Waals surface area contributed by atoms with Gasteiger partial charge in [0, 0.05) is 57.8 Å². The van der Waals surface area contributed by atoms with Gasteiger partial charge in [0.25, 0.3) is 0 Å². The fourth-order valence-electron chi connectivity index (χ4n) is 5.16. The standard InChI is InChI=1S/C26H34Cl2N4O3S/c1-4-19-5-7-20(8-6-19)16-29(2)25-18-31(17-22(25)21-9-10-23(27)24(28)15-21)26(33)30-11-13-32(14-12-30)36(3,34)35/h5-10,15,22,25H,4,11-14,16-18H2,1-3H3/t22-,25-/m1/s1. The van der Waals surface area contributed by atoms with E-state index >= 15 is 0 Å². The molecule has 0 saturated carbocycles. The summed E-state index contributed by atoms with van der Waals surface area (Å²) in [5, 5.41) is 1.02. The lowest BCUT2D eigenvalue weighted by molar-refractivity contribution is 0.138. The maximum absolute atomic E-state index is 13.5. The number of rotatable bonds is 6. The van der Waals surface area contributed by atoms with Crippen LogP contribution >= 0.6 is 23.2 Å². The summed E-state index contributed by atoms with van der Waals surface area (Å²) in [6.45, 7) is 5.49. The zero-order valence-electron chi connectivity index (χ0n) is 21.0. The first-order chi connectivity index (χ1) is 17.1. The number of piperazine rings is 1. The van der Waals surface area contributed by atoms with Crippen molar-refractivity contribution in [3.63, 3.8) is 0 Å². The summed E-state index contributed by atoms with van der Waals surface area (Å²) in [4.78, 5) is 19.4. The van der Waals surface area contributed by atoms with E-state index in [0.717, 1.165) is 18.5 Å². The van der Waals surface area contributed by atoms with Crippen LogP contribution in [-0.4, -0.2) is 92.1 Å². The summed E-state index contributed by atoms with van der Waals surface area (Å²) < 4.78 is 25.2. The average molecular weight is 554 g/mol. The molecule has 2 aromatic rings. The Morgan fingerprint density at radius 3 is 2.17 bits per heavy atom. The summed E-state index contributed by atoms with van der Waals surface area (Å²) in [5.41, 5.74) is 3.59. The molecule has 2 aliphatic heterocycles. The highest BCUT2D eigenvalue weighted by Gasteiger charge is 2.40. The topological polar surface area (TPSA) is 64.2 Å². The lowest BCUT2D eigenvalue weighted by Gasteiger charge is -2.35. The molecule has 0 unspecified atom stereocenters. The van der Waals surface area contributed by atoms with Crippen LogP contribution < -0.4 is 0 Å². The number of likely N-dealkylation sites (N-methyl/N-ethyl adjacent to an activating group) is 1. The van der Waals surface area contributed by atoms with Gasteiger partial charge in [0.1, 0.15) is 0 Å².